The van der Waals surface area contributed by atoms with Crippen molar-refractivity contribution in [1.29, 1.82) is 0 Å². The summed E-state index contributed by atoms with van der Waals surface area (Å²) in [7, 11) is 0. The first kappa shape index (κ1) is 18.3. The van der Waals surface area contributed by atoms with Gasteiger partial charge in [-0.2, -0.15) is 11.8 Å². The highest BCUT2D eigenvalue weighted by Crippen LogP contribution is 2.21. The number of para-hydroxylation sites is 2. The molecule has 0 saturated heterocycles. The van der Waals surface area contributed by atoms with E-state index in [0.717, 1.165) is 28.2 Å². The third-order valence-corrected chi connectivity index (χ3v) is 4.84. The molecule has 0 atom stereocenters. The van der Waals surface area contributed by atoms with E-state index < -0.39 is 0 Å². The van der Waals surface area contributed by atoms with Crippen LogP contribution in [0.4, 0.5) is 0 Å². The molecule has 0 radical (unpaired) electrons. The number of fused-ring (bicyclic) bond motifs is 1. The van der Waals surface area contributed by atoms with Crippen molar-refractivity contribution in [2.45, 2.75) is 18.9 Å². The van der Waals surface area contributed by atoms with Gasteiger partial charge in [0.1, 0.15) is 24.7 Å². The van der Waals surface area contributed by atoms with Crippen LogP contribution in [0.5, 0.6) is 0 Å². The Hall–Kier alpha value is -3.06. The van der Waals surface area contributed by atoms with Crippen LogP contribution in [0.3, 0.4) is 0 Å². The largest absolute Gasteiger partial charge is 0.458 e. The second kappa shape index (κ2) is 8.31. The van der Waals surface area contributed by atoms with Gasteiger partial charge in [0.05, 0.1) is 16.8 Å². The van der Waals surface area contributed by atoms with Crippen molar-refractivity contribution in [1.82, 2.24) is 14.7 Å². The Bertz CT molecular complexity index is 1090. The molecular formula is C21H19N3O3S. The lowest BCUT2D eigenvalue weighted by molar-refractivity contribution is -0.145. The first-order chi connectivity index (χ1) is 13.7. The summed E-state index contributed by atoms with van der Waals surface area (Å²) in [5.74, 6) is 1.90. The van der Waals surface area contributed by atoms with Crippen molar-refractivity contribution >= 4 is 28.8 Å². The van der Waals surface area contributed by atoms with Gasteiger partial charge in [-0.3, -0.25) is 4.79 Å². The van der Waals surface area contributed by atoms with E-state index in [9.17, 15) is 4.79 Å². The minimum atomic E-state index is -0.338. The van der Waals surface area contributed by atoms with Crippen LogP contribution >= 0.6 is 11.8 Å². The van der Waals surface area contributed by atoms with Crippen LogP contribution in [0.1, 0.15) is 11.5 Å². The van der Waals surface area contributed by atoms with E-state index in [4.69, 9.17) is 9.26 Å². The Morgan fingerprint density at radius 2 is 1.93 bits per heavy atom. The monoisotopic (exact) mass is 393 g/mol. The number of rotatable bonds is 7. The predicted octanol–water partition coefficient (Wildman–Crippen LogP) is 4.30. The van der Waals surface area contributed by atoms with Crippen molar-refractivity contribution < 1.29 is 14.1 Å². The molecule has 0 spiro atoms. The van der Waals surface area contributed by atoms with Crippen LogP contribution in [0, 0.1) is 0 Å². The Kier molecular flexibility index (Phi) is 5.43. The van der Waals surface area contributed by atoms with E-state index in [1.807, 2.05) is 65.4 Å². The molecule has 0 aliphatic heterocycles. The number of benzene rings is 2. The maximum absolute atomic E-state index is 12.4. The smallest absolute Gasteiger partial charge is 0.326 e. The number of hydrogen-bond donors (Lipinski definition) is 0. The second-order valence-corrected chi connectivity index (χ2v) is 7.11. The normalized spacial score (nSPS) is 11.0. The van der Waals surface area contributed by atoms with Gasteiger partial charge in [0, 0.05) is 11.6 Å². The Morgan fingerprint density at radius 3 is 2.75 bits per heavy atom. The van der Waals surface area contributed by atoms with Crippen LogP contribution < -0.4 is 0 Å². The number of nitrogens with zero attached hydrogens (tertiary/aromatic N) is 3. The average molecular weight is 393 g/mol. The highest BCUT2D eigenvalue weighted by atomic mass is 32.2. The summed E-state index contributed by atoms with van der Waals surface area (Å²) in [5, 5.41) is 3.98. The third-order valence-electron chi connectivity index (χ3n) is 4.29. The Labute approximate surface area is 166 Å². The number of carbonyl (C=O) groups is 1. The van der Waals surface area contributed by atoms with E-state index >= 15 is 0 Å². The molecule has 2 heterocycles. The lowest BCUT2D eigenvalue weighted by Crippen LogP contribution is -2.15. The number of hydrogen-bond acceptors (Lipinski definition) is 6. The number of ether oxygens (including phenoxy) is 1. The third kappa shape index (κ3) is 3.94. The fraction of sp³-hybridized carbons (Fsp3) is 0.190. The Balaban J connectivity index is 1.43. The molecule has 2 aromatic heterocycles. The van der Waals surface area contributed by atoms with E-state index in [0.29, 0.717) is 11.5 Å². The molecule has 0 unspecified atom stereocenters. The van der Waals surface area contributed by atoms with Gasteiger partial charge < -0.3 is 13.8 Å². The zero-order valence-corrected chi connectivity index (χ0v) is 16.2. The molecule has 28 heavy (non-hydrogen) atoms. The van der Waals surface area contributed by atoms with E-state index in [-0.39, 0.29) is 19.1 Å². The van der Waals surface area contributed by atoms with Gasteiger partial charge in [-0.1, -0.05) is 47.6 Å². The fourth-order valence-corrected chi connectivity index (χ4v) is 3.47. The minimum Gasteiger partial charge on any atom is -0.458 e. The van der Waals surface area contributed by atoms with Crippen LogP contribution in [0.25, 0.3) is 22.4 Å². The maximum atomic E-state index is 12.4. The zero-order valence-electron chi connectivity index (χ0n) is 15.4. The summed E-state index contributed by atoms with van der Waals surface area (Å²) in [6.45, 7) is 0.180. The molecule has 0 saturated carbocycles. The standard InChI is InChI=1S/C21H19N3O3S/c1-28-14-20-22-17-9-5-6-10-18(17)24(20)12-21(25)26-13-16-11-19(27-23-16)15-7-3-2-4-8-15/h2-11H,12-14H2,1H3. The van der Waals surface area contributed by atoms with Crippen molar-refractivity contribution in [3.05, 3.63) is 72.2 Å². The van der Waals surface area contributed by atoms with Crippen molar-refractivity contribution in [3.63, 3.8) is 0 Å². The van der Waals surface area contributed by atoms with Crippen LogP contribution in [-0.2, 0) is 28.4 Å². The van der Waals surface area contributed by atoms with Gasteiger partial charge in [0.25, 0.3) is 0 Å². The molecule has 7 heteroatoms. The van der Waals surface area contributed by atoms with Crippen molar-refractivity contribution in [3.8, 4) is 11.3 Å². The van der Waals surface area contributed by atoms with Gasteiger partial charge in [-0.25, -0.2) is 4.98 Å². The zero-order chi connectivity index (χ0) is 19.3. The molecule has 0 aliphatic rings. The molecule has 6 nitrogen and oxygen atoms in total. The summed E-state index contributed by atoms with van der Waals surface area (Å²) >= 11 is 1.66. The molecular weight excluding hydrogens is 374 g/mol. The highest BCUT2D eigenvalue weighted by molar-refractivity contribution is 7.97. The van der Waals surface area contributed by atoms with Crippen molar-refractivity contribution in [2.75, 3.05) is 6.26 Å². The van der Waals surface area contributed by atoms with E-state index in [2.05, 4.69) is 10.1 Å². The number of thioether (sulfide) groups is 1. The molecule has 0 N–H and O–H groups in total. The number of carbonyl (C=O) groups excluding carboxylic acids is 1. The summed E-state index contributed by atoms with van der Waals surface area (Å²) in [6, 6.07) is 19.2. The van der Waals surface area contributed by atoms with Gasteiger partial charge in [-0.05, 0) is 18.4 Å². The predicted molar refractivity (Wildman–Crippen MR) is 109 cm³/mol. The minimum absolute atomic E-state index is 0.0691. The molecule has 2 aromatic carbocycles. The van der Waals surface area contributed by atoms with Crippen molar-refractivity contribution in [2.24, 2.45) is 0 Å². The number of aromatic nitrogens is 3. The number of imidazole rings is 1. The summed E-state index contributed by atoms with van der Waals surface area (Å²) < 4.78 is 12.7. The molecule has 0 fully saturated rings. The number of esters is 1. The fourth-order valence-electron chi connectivity index (χ4n) is 2.99. The average Bonchev–Trinajstić information content (AvgIpc) is 3.33. The Morgan fingerprint density at radius 1 is 1.14 bits per heavy atom. The highest BCUT2D eigenvalue weighted by Gasteiger charge is 2.15. The molecule has 4 aromatic rings. The van der Waals surface area contributed by atoms with Gasteiger partial charge >= 0.3 is 5.97 Å². The lowest BCUT2D eigenvalue weighted by atomic mass is 10.2. The first-order valence-corrected chi connectivity index (χ1v) is 10.2. The van der Waals surface area contributed by atoms with E-state index in [1.165, 1.54) is 0 Å². The summed E-state index contributed by atoms with van der Waals surface area (Å²) in [4.78, 5) is 17.0. The SMILES string of the molecule is CSCc1nc2ccccc2n1CC(=O)OCc1cc(-c2ccccc2)on1. The van der Waals surface area contributed by atoms with Gasteiger partial charge in [0.15, 0.2) is 5.76 Å². The quantitative estimate of drug-likeness (QED) is 0.436. The van der Waals surface area contributed by atoms with Gasteiger partial charge in [-0.15, -0.1) is 0 Å². The summed E-state index contributed by atoms with van der Waals surface area (Å²) in [6.07, 6.45) is 2.01. The molecule has 142 valence electrons. The topological polar surface area (TPSA) is 70.2 Å². The van der Waals surface area contributed by atoms with Crippen LogP contribution in [0.15, 0.2) is 65.2 Å². The molecule has 0 aliphatic carbocycles. The molecule has 0 bridgehead atoms. The molecule has 4 rings (SSSR count). The van der Waals surface area contributed by atoms with Crippen LogP contribution in [-0.4, -0.2) is 26.9 Å². The maximum Gasteiger partial charge on any atom is 0.326 e. The van der Waals surface area contributed by atoms with E-state index in [1.54, 1.807) is 17.8 Å². The van der Waals surface area contributed by atoms with Gasteiger partial charge in [0.2, 0.25) is 0 Å². The summed E-state index contributed by atoms with van der Waals surface area (Å²) in [5.41, 5.74) is 3.31. The second-order valence-electron chi connectivity index (χ2n) is 6.25. The van der Waals surface area contributed by atoms with Crippen LogP contribution in [0.2, 0.25) is 0 Å². The lowest BCUT2D eigenvalue weighted by Gasteiger charge is -2.08. The molecule has 0 amide bonds. The first-order valence-electron chi connectivity index (χ1n) is 8.84.